The number of carbonyl (C=O) groups is 12. The van der Waals surface area contributed by atoms with Crippen LogP contribution in [-0.4, -0.2) is 188 Å². The van der Waals surface area contributed by atoms with Gasteiger partial charge in [-0.15, -0.1) is 0 Å². The predicted octanol–water partition coefficient (Wildman–Crippen LogP) is 0.176. The van der Waals surface area contributed by atoms with Gasteiger partial charge in [-0.1, -0.05) is 83.3 Å². The summed E-state index contributed by atoms with van der Waals surface area (Å²) in [5, 5.41) is 55.6. The van der Waals surface area contributed by atoms with Crippen LogP contribution in [0.4, 0.5) is 0 Å². The lowest BCUT2D eigenvalue weighted by molar-refractivity contribution is -0.141. The van der Waals surface area contributed by atoms with Crippen molar-refractivity contribution in [3.05, 3.63) is 95.7 Å². The largest absolute Gasteiger partial charge is 0.508 e. The number of carbonyl (C=O) groups excluding carboxylic acids is 11. The Morgan fingerprint density at radius 2 is 1.29 bits per heavy atom. The number of phenols is 2. The summed E-state index contributed by atoms with van der Waals surface area (Å²) in [7, 11) is 1.81. The number of unbranched alkanes of at least 4 members (excludes halogenated alkanes) is 1. The highest BCUT2D eigenvalue weighted by molar-refractivity contribution is 8.76. The van der Waals surface area contributed by atoms with E-state index in [-0.39, 0.29) is 93.5 Å². The SMILES string of the molecule is NCCCC[C@@H]1NC(=O)[C@H](Cc2ccc(O)cc2)NC(=O)[C@H](C2CCCC2)NC(=O)[C@@H](NC(=O)[C@H](Cc2ccc(O)cc2)NC(=O)[C@@H]2CCCN2C(=O)CCN)CSSC[C@@H](C(N)=O)NC(=O)[C@H](CC(=O)O)NC(=O)[C@H](Cc2c[nH]c3ccccc23)NC(=O)CCCCCNC1=O. The van der Waals surface area contributed by atoms with E-state index in [1.165, 1.54) is 41.3 Å². The van der Waals surface area contributed by atoms with Gasteiger partial charge >= 0.3 is 5.97 Å². The molecule has 1 saturated carbocycles. The number of benzene rings is 3. The summed E-state index contributed by atoms with van der Waals surface area (Å²) in [6.07, 6.45) is 5.37. The van der Waals surface area contributed by atoms with Gasteiger partial charge in [-0.05, 0) is 117 Å². The van der Waals surface area contributed by atoms with Crippen LogP contribution in [0.15, 0.2) is 79.0 Å². The number of aromatic nitrogens is 1. The summed E-state index contributed by atoms with van der Waals surface area (Å²) < 4.78 is 0. The highest BCUT2D eigenvalue weighted by atomic mass is 33.1. The molecular formula is C66H90N14O15S2. The molecule has 97 heavy (non-hydrogen) atoms. The zero-order chi connectivity index (χ0) is 70.0. The first-order valence-electron chi connectivity index (χ1n) is 32.9. The number of fused-ring (bicyclic) bond motifs is 1. The van der Waals surface area contributed by atoms with E-state index >= 15 is 9.59 Å². The minimum atomic E-state index is -1.81. The third kappa shape index (κ3) is 23.4. The van der Waals surface area contributed by atoms with E-state index < -0.39 is 132 Å². The summed E-state index contributed by atoms with van der Waals surface area (Å²) in [6, 6.07) is 6.40. The quantitative estimate of drug-likeness (QED) is 0.0414. The number of aromatic hydroxyl groups is 2. The van der Waals surface area contributed by atoms with Crippen LogP contribution in [0.3, 0.4) is 0 Å². The number of nitrogens with zero attached hydrogens (tertiary/aromatic N) is 1. The van der Waals surface area contributed by atoms with Crippen molar-refractivity contribution in [1.29, 1.82) is 0 Å². The second-order valence-corrected chi connectivity index (χ2v) is 27.1. The molecule has 31 heteroatoms. The monoisotopic (exact) mass is 1380 g/mol. The van der Waals surface area contributed by atoms with Crippen molar-refractivity contribution >= 4 is 103 Å². The molecule has 19 N–H and O–H groups in total. The van der Waals surface area contributed by atoms with Gasteiger partial charge in [0.2, 0.25) is 65.0 Å². The van der Waals surface area contributed by atoms with Crippen molar-refractivity contribution in [2.45, 2.75) is 170 Å². The Kier molecular flexibility index (Phi) is 29.6. The number of nitrogens with two attached hydrogens (primary N) is 3. The highest BCUT2D eigenvalue weighted by Crippen LogP contribution is 2.30. The molecule has 2 aliphatic heterocycles. The molecular weight excluding hydrogens is 1290 g/mol. The molecule has 1 aromatic heterocycles. The summed E-state index contributed by atoms with van der Waals surface area (Å²) in [6.45, 7) is 0.723. The van der Waals surface area contributed by atoms with Crippen LogP contribution >= 0.6 is 21.6 Å². The lowest BCUT2D eigenvalue weighted by atomic mass is 9.95. The van der Waals surface area contributed by atoms with Crippen LogP contribution in [0.2, 0.25) is 0 Å². The molecule has 3 heterocycles. The molecule has 29 nitrogen and oxygen atoms in total. The average Bonchev–Trinajstić information content (AvgIpc) is 1.32. The van der Waals surface area contributed by atoms with E-state index in [1.807, 2.05) is 6.07 Å². The maximum atomic E-state index is 15.2. The number of hydrogen-bond donors (Lipinski definition) is 16. The lowest BCUT2D eigenvalue weighted by Gasteiger charge is -2.30. The Bertz CT molecular complexity index is 3390. The van der Waals surface area contributed by atoms with Gasteiger partial charge in [-0.3, -0.25) is 57.5 Å². The number of likely N-dealkylation sites (tertiary alicyclic amines) is 1. The number of aliphatic carboxylic acids is 1. The summed E-state index contributed by atoms with van der Waals surface area (Å²) in [4.78, 5) is 173. The Balaban J connectivity index is 1.23. The minimum absolute atomic E-state index is 0.0271. The minimum Gasteiger partial charge on any atom is -0.508 e. The van der Waals surface area contributed by atoms with Gasteiger partial charge in [-0.25, -0.2) is 0 Å². The molecule has 526 valence electrons. The Hall–Kier alpha value is -8.94. The molecule has 2 saturated heterocycles. The fraction of sp³-hybridized carbons (Fsp3) is 0.515. The number of H-pyrrole nitrogens is 1. The lowest BCUT2D eigenvalue weighted by Crippen LogP contribution is -2.61. The number of amides is 11. The van der Waals surface area contributed by atoms with Crippen molar-refractivity contribution in [1.82, 2.24) is 57.7 Å². The molecule has 0 unspecified atom stereocenters. The molecule has 3 aromatic carbocycles. The molecule has 0 bridgehead atoms. The van der Waals surface area contributed by atoms with Crippen LogP contribution in [0.5, 0.6) is 11.5 Å². The number of carboxylic acid groups (broad SMARTS) is 1. The molecule has 7 rings (SSSR count). The topological polar surface area (TPSA) is 471 Å². The van der Waals surface area contributed by atoms with E-state index in [1.54, 1.807) is 36.5 Å². The van der Waals surface area contributed by atoms with Gasteiger partial charge in [0.1, 0.15) is 65.9 Å². The van der Waals surface area contributed by atoms with E-state index in [2.05, 4.69) is 52.8 Å². The van der Waals surface area contributed by atoms with E-state index in [9.17, 15) is 63.3 Å². The molecule has 3 fully saturated rings. The van der Waals surface area contributed by atoms with Crippen molar-refractivity contribution in [3.63, 3.8) is 0 Å². The normalized spacial score (nSPS) is 23.3. The number of primary amides is 1. The predicted molar refractivity (Wildman–Crippen MR) is 362 cm³/mol. The molecule has 4 aromatic rings. The smallest absolute Gasteiger partial charge is 0.305 e. The van der Waals surface area contributed by atoms with E-state index in [0.29, 0.717) is 87.4 Å². The molecule has 0 radical (unpaired) electrons. The van der Waals surface area contributed by atoms with Crippen LogP contribution in [-0.2, 0) is 76.8 Å². The fourth-order valence-electron chi connectivity index (χ4n) is 12.0. The summed E-state index contributed by atoms with van der Waals surface area (Å²) >= 11 is 0. The average molecular weight is 1380 g/mol. The first-order chi connectivity index (χ1) is 46.6. The second-order valence-electron chi connectivity index (χ2n) is 24.6. The Morgan fingerprint density at radius 3 is 1.97 bits per heavy atom. The first kappa shape index (κ1) is 75.4. The number of hydrogen-bond acceptors (Lipinski definition) is 18. The van der Waals surface area contributed by atoms with E-state index in [0.717, 1.165) is 32.5 Å². The molecule has 3 aliphatic rings. The zero-order valence-corrected chi connectivity index (χ0v) is 55.6. The number of para-hydroxylation sites is 1. The number of carboxylic acids is 1. The van der Waals surface area contributed by atoms with Crippen molar-refractivity contribution in [3.8, 4) is 11.5 Å². The maximum absolute atomic E-state index is 15.2. The van der Waals surface area contributed by atoms with Gasteiger partial charge < -0.3 is 90.3 Å². The van der Waals surface area contributed by atoms with E-state index in [4.69, 9.17) is 17.2 Å². The van der Waals surface area contributed by atoms with Crippen molar-refractivity contribution in [2.24, 2.45) is 23.1 Å². The number of aromatic amines is 1. The Morgan fingerprint density at radius 1 is 0.639 bits per heavy atom. The Labute approximate surface area is 569 Å². The van der Waals surface area contributed by atoms with Crippen molar-refractivity contribution < 1.29 is 72.9 Å². The van der Waals surface area contributed by atoms with Crippen LogP contribution in [0.1, 0.15) is 113 Å². The van der Waals surface area contributed by atoms with Crippen molar-refractivity contribution in [2.75, 3.05) is 37.7 Å². The van der Waals surface area contributed by atoms with Gasteiger partial charge in [0.05, 0.1) is 6.42 Å². The molecule has 11 amide bonds. The fourth-order valence-corrected chi connectivity index (χ4v) is 14.3. The second kappa shape index (κ2) is 38.1. The van der Waals surface area contributed by atoms with Gasteiger partial charge in [-0.2, -0.15) is 0 Å². The summed E-state index contributed by atoms with van der Waals surface area (Å²) in [5.74, 6) is -11.4. The zero-order valence-electron chi connectivity index (χ0n) is 54.0. The third-order valence-corrected chi connectivity index (χ3v) is 19.7. The molecule has 0 spiro atoms. The maximum Gasteiger partial charge on any atom is 0.305 e. The van der Waals surface area contributed by atoms with Gasteiger partial charge in [0, 0.05) is 80.3 Å². The van der Waals surface area contributed by atoms with Gasteiger partial charge in [0.25, 0.3) is 0 Å². The highest BCUT2D eigenvalue weighted by Gasteiger charge is 2.40. The first-order valence-corrected chi connectivity index (χ1v) is 35.4. The number of phenolic OH excluding ortho intramolecular Hbond substituents is 2. The van der Waals surface area contributed by atoms with Crippen LogP contribution < -0.4 is 65.1 Å². The molecule has 9 atom stereocenters. The third-order valence-electron chi connectivity index (χ3n) is 17.3. The number of rotatable bonds is 20. The van der Waals surface area contributed by atoms with Gasteiger partial charge in [0.15, 0.2) is 0 Å². The standard InChI is InChI=1S/C66H90N14O15S2/c67-27-8-7-15-46-59(88)70-29-9-1-2-17-54(83)72-49(33-41-35-71-45-14-6-5-13-44(41)45)62(91)74-50(34-56(85)86)63(92)77-51(58(69)87)36-96-97-37-52(64(93)79-57(40-11-3-4-12-40)66(95)76-48(60(89)73-46)32-39-20-24-43(82)25-21-39)78-61(90)47(31-38-18-22-42(81)23-19-38)75-65(94)53-16-10-30-80(53)55(84)26-28-68/h5-6,13-14,18-25,35,40,46-53,57,71,81-82H,1-4,7-12,15-17,26-34,36-37,67-68H2,(H2,69,87)(H,70,88)(H,72,83)(H,73,89)(H,74,91)(H,75,94)(H,76,95)(H,77,92)(H,78,90)(H,79,93)(H,85,86)/t46-,47-,48-,49-,50-,51-,52-,53-,57-/m0/s1. The molecule has 1 aliphatic carbocycles. The summed E-state index contributed by atoms with van der Waals surface area (Å²) in [5.41, 5.74) is 19.7. The number of nitrogens with one attached hydrogen (secondary N) is 10. The van der Waals surface area contributed by atoms with Crippen LogP contribution in [0.25, 0.3) is 10.9 Å². The van der Waals surface area contributed by atoms with Crippen LogP contribution in [0, 0.1) is 5.92 Å².